The number of nitrogens with one attached hydrogen (secondary N) is 1. The van der Waals surface area contributed by atoms with Crippen LogP contribution in [0.1, 0.15) is 24.2 Å². The number of para-hydroxylation sites is 1. The lowest BCUT2D eigenvalue weighted by molar-refractivity contribution is -0.137. The van der Waals surface area contributed by atoms with Gasteiger partial charge in [0.1, 0.15) is 11.7 Å². The fraction of sp³-hybridized carbons (Fsp3) is 0.308. The highest BCUT2D eigenvalue weighted by Crippen LogP contribution is 2.34. The number of amides is 1. The van der Waals surface area contributed by atoms with E-state index in [1.807, 2.05) is 0 Å². The summed E-state index contributed by atoms with van der Waals surface area (Å²) < 4.78 is 39.8. The van der Waals surface area contributed by atoms with Gasteiger partial charge in [-0.3, -0.25) is 4.79 Å². The first kappa shape index (κ1) is 16.0. The average molecular weight is 314 g/mol. The number of aliphatic hydroxyl groups is 1. The van der Waals surface area contributed by atoms with Gasteiger partial charge in [-0.25, -0.2) is 4.68 Å². The summed E-state index contributed by atoms with van der Waals surface area (Å²) in [7, 11) is 0. The lowest BCUT2D eigenvalue weighted by Crippen LogP contribution is -2.25. The Morgan fingerprint density at radius 2 is 2.09 bits per heavy atom. The van der Waals surface area contributed by atoms with Gasteiger partial charge >= 0.3 is 6.18 Å². The third-order valence-electron chi connectivity index (χ3n) is 2.99. The van der Waals surface area contributed by atoms with Crippen molar-refractivity contribution in [2.45, 2.75) is 25.7 Å². The Bertz CT molecular complexity index is 669. The predicted molar refractivity (Wildman–Crippen MR) is 70.7 cm³/mol. The molecular formula is C13H13F3N4O2. The molecule has 0 fully saturated rings. The van der Waals surface area contributed by atoms with E-state index in [9.17, 15) is 18.0 Å². The fourth-order valence-electron chi connectivity index (χ4n) is 1.77. The standard InChI is InChI=1S/C13H13F3N4O2/c1-8(20-6-9(7-21)18-19-20)12(22)17-11-5-3-2-4-10(11)13(14,15)16/h2-6,8,21H,7H2,1H3,(H,17,22). The molecule has 0 aliphatic rings. The van der Waals surface area contributed by atoms with E-state index in [0.717, 1.165) is 10.7 Å². The number of aliphatic hydroxyl groups excluding tert-OH is 1. The molecule has 0 spiro atoms. The summed E-state index contributed by atoms with van der Waals surface area (Å²) in [5.41, 5.74) is -0.991. The molecule has 6 nitrogen and oxygen atoms in total. The number of hydrogen-bond donors (Lipinski definition) is 2. The molecule has 0 radical (unpaired) electrons. The van der Waals surface area contributed by atoms with E-state index in [1.165, 1.54) is 31.3 Å². The molecule has 1 aromatic carbocycles. The van der Waals surface area contributed by atoms with Crippen LogP contribution in [0.15, 0.2) is 30.5 Å². The fourth-order valence-corrected chi connectivity index (χ4v) is 1.77. The first-order valence-corrected chi connectivity index (χ1v) is 6.31. The number of alkyl halides is 3. The maximum absolute atomic E-state index is 12.9. The Morgan fingerprint density at radius 1 is 1.41 bits per heavy atom. The molecule has 118 valence electrons. The summed E-state index contributed by atoms with van der Waals surface area (Å²) in [6.45, 7) is 1.12. The normalized spacial score (nSPS) is 13.0. The van der Waals surface area contributed by atoms with Crippen LogP contribution in [0.4, 0.5) is 18.9 Å². The molecule has 0 saturated heterocycles. The molecular weight excluding hydrogens is 301 g/mol. The molecule has 1 aromatic heterocycles. The van der Waals surface area contributed by atoms with Gasteiger partial charge in [-0.2, -0.15) is 13.2 Å². The maximum atomic E-state index is 12.9. The Kier molecular flexibility index (Phi) is 4.45. The largest absolute Gasteiger partial charge is 0.418 e. The predicted octanol–water partition coefficient (Wildman–Crippen LogP) is 1.99. The number of hydrogen-bond acceptors (Lipinski definition) is 4. The minimum atomic E-state index is -4.57. The Labute approximate surface area is 123 Å². The van der Waals surface area contributed by atoms with Crippen molar-refractivity contribution in [1.82, 2.24) is 15.0 Å². The summed E-state index contributed by atoms with van der Waals surface area (Å²) in [5.74, 6) is -0.675. The molecule has 2 rings (SSSR count). The number of carbonyl (C=O) groups is 1. The van der Waals surface area contributed by atoms with Gasteiger partial charge in [0.2, 0.25) is 5.91 Å². The van der Waals surface area contributed by atoms with Crippen molar-refractivity contribution in [1.29, 1.82) is 0 Å². The Balaban J connectivity index is 2.19. The van der Waals surface area contributed by atoms with Crippen LogP contribution < -0.4 is 5.32 Å². The van der Waals surface area contributed by atoms with Gasteiger partial charge in [0.15, 0.2) is 0 Å². The van der Waals surface area contributed by atoms with Gasteiger partial charge in [-0.1, -0.05) is 17.3 Å². The molecule has 1 atom stereocenters. The van der Waals surface area contributed by atoms with Crippen LogP contribution in [0.5, 0.6) is 0 Å². The van der Waals surface area contributed by atoms with Crippen molar-refractivity contribution in [3.8, 4) is 0 Å². The topological polar surface area (TPSA) is 80.0 Å². The van der Waals surface area contributed by atoms with E-state index in [0.29, 0.717) is 0 Å². The van der Waals surface area contributed by atoms with Crippen molar-refractivity contribution in [3.05, 3.63) is 41.7 Å². The van der Waals surface area contributed by atoms with Crippen LogP contribution in [-0.4, -0.2) is 26.0 Å². The highest BCUT2D eigenvalue weighted by Gasteiger charge is 2.34. The van der Waals surface area contributed by atoms with Crippen LogP contribution in [0.25, 0.3) is 0 Å². The summed E-state index contributed by atoms with van der Waals surface area (Å²) in [5, 5.41) is 18.4. The zero-order valence-electron chi connectivity index (χ0n) is 11.5. The molecule has 1 heterocycles. The highest BCUT2D eigenvalue weighted by atomic mass is 19.4. The summed E-state index contributed by atoms with van der Waals surface area (Å²) in [4.78, 5) is 12.1. The van der Waals surface area contributed by atoms with Gasteiger partial charge in [-0.05, 0) is 19.1 Å². The molecule has 2 aromatic rings. The number of nitrogens with zero attached hydrogens (tertiary/aromatic N) is 3. The van der Waals surface area contributed by atoms with E-state index >= 15 is 0 Å². The summed E-state index contributed by atoms with van der Waals surface area (Å²) in [6, 6.07) is 3.82. The molecule has 22 heavy (non-hydrogen) atoms. The third-order valence-corrected chi connectivity index (χ3v) is 2.99. The maximum Gasteiger partial charge on any atom is 0.418 e. The zero-order valence-corrected chi connectivity index (χ0v) is 11.5. The van der Waals surface area contributed by atoms with E-state index in [2.05, 4.69) is 15.6 Å². The van der Waals surface area contributed by atoms with E-state index in [1.54, 1.807) is 0 Å². The van der Waals surface area contributed by atoms with Gasteiger partial charge < -0.3 is 10.4 Å². The van der Waals surface area contributed by atoms with Crippen molar-refractivity contribution >= 4 is 11.6 Å². The summed E-state index contributed by atoms with van der Waals surface area (Å²) >= 11 is 0. The first-order valence-electron chi connectivity index (χ1n) is 6.31. The second kappa shape index (κ2) is 6.14. The van der Waals surface area contributed by atoms with Crippen molar-refractivity contribution in [2.24, 2.45) is 0 Å². The van der Waals surface area contributed by atoms with Crippen LogP contribution in [0.3, 0.4) is 0 Å². The van der Waals surface area contributed by atoms with Crippen molar-refractivity contribution < 1.29 is 23.1 Å². The molecule has 0 aliphatic carbocycles. The molecule has 9 heteroatoms. The molecule has 0 saturated carbocycles. The smallest absolute Gasteiger partial charge is 0.390 e. The first-order chi connectivity index (χ1) is 10.3. The number of benzene rings is 1. The number of rotatable bonds is 4. The molecule has 1 amide bonds. The second-order valence-electron chi connectivity index (χ2n) is 4.56. The van der Waals surface area contributed by atoms with E-state index in [4.69, 9.17) is 5.11 Å². The molecule has 1 unspecified atom stereocenters. The SMILES string of the molecule is CC(C(=O)Nc1ccccc1C(F)(F)F)n1cc(CO)nn1. The van der Waals surface area contributed by atoms with Crippen molar-refractivity contribution in [2.75, 3.05) is 5.32 Å². The number of anilines is 1. The van der Waals surface area contributed by atoms with Crippen LogP contribution >= 0.6 is 0 Å². The van der Waals surface area contributed by atoms with Crippen LogP contribution in [0.2, 0.25) is 0 Å². The van der Waals surface area contributed by atoms with E-state index in [-0.39, 0.29) is 18.0 Å². The third kappa shape index (κ3) is 3.42. The Hall–Kier alpha value is -2.42. The number of carbonyl (C=O) groups excluding carboxylic acids is 1. The van der Waals surface area contributed by atoms with Gasteiger partial charge in [0.05, 0.1) is 24.1 Å². The van der Waals surface area contributed by atoms with Crippen molar-refractivity contribution in [3.63, 3.8) is 0 Å². The summed E-state index contributed by atoms with van der Waals surface area (Å²) in [6.07, 6.45) is -3.22. The zero-order chi connectivity index (χ0) is 16.3. The quantitative estimate of drug-likeness (QED) is 0.904. The molecule has 0 aliphatic heterocycles. The average Bonchev–Trinajstić information content (AvgIpc) is 2.94. The van der Waals surface area contributed by atoms with Gasteiger partial charge in [-0.15, -0.1) is 5.10 Å². The highest BCUT2D eigenvalue weighted by molar-refractivity contribution is 5.94. The molecule has 0 bridgehead atoms. The lowest BCUT2D eigenvalue weighted by atomic mass is 10.1. The van der Waals surface area contributed by atoms with Gasteiger partial charge in [0, 0.05) is 0 Å². The minimum absolute atomic E-state index is 0.260. The number of halogens is 3. The van der Waals surface area contributed by atoms with Crippen LogP contribution in [0, 0.1) is 0 Å². The number of aromatic nitrogens is 3. The van der Waals surface area contributed by atoms with Crippen LogP contribution in [-0.2, 0) is 17.6 Å². The minimum Gasteiger partial charge on any atom is -0.390 e. The monoisotopic (exact) mass is 314 g/mol. The second-order valence-corrected chi connectivity index (χ2v) is 4.56. The lowest BCUT2D eigenvalue weighted by Gasteiger charge is -2.16. The van der Waals surface area contributed by atoms with Gasteiger partial charge in [0.25, 0.3) is 0 Å². The Morgan fingerprint density at radius 3 is 2.68 bits per heavy atom. The van der Waals surface area contributed by atoms with E-state index < -0.39 is 23.7 Å². The molecule has 2 N–H and O–H groups in total.